The first-order valence-corrected chi connectivity index (χ1v) is 8.12. The summed E-state index contributed by atoms with van der Waals surface area (Å²) in [6.07, 6.45) is 2.04. The van der Waals surface area contributed by atoms with Crippen LogP contribution in [0.1, 0.15) is 34.6 Å². The van der Waals surface area contributed by atoms with Crippen LogP contribution in [0, 0.1) is 11.3 Å². The van der Waals surface area contributed by atoms with Crippen LogP contribution < -0.4 is 5.43 Å². The fourth-order valence-electron chi connectivity index (χ4n) is 2.29. The molecule has 136 valence electrons. The number of aryl methyl sites for hydroxylation is 1. The first kappa shape index (κ1) is 17.9. The summed E-state index contributed by atoms with van der Waals surface area (Å²) in [5, 5.41) is 13.0. The van der Waals surface area contributed by atoms with E-state index >= 15 is 0 Å². The molecule has 0 saturated carbocycles. The van der Waals surface area contributed by atoms with Crippen LogP contribution in [0.5, 0.6) is 0 Å². The monoisotopic (exact) mass is 364 g/mol. The number of benzene rings is 1. The lowest BCUT2D eigenvalue weighted by Gasteiger charge is -2.00. The number of nitrogens with zero attached hydrogens (tertiary/aromatic N) is 3. The molecule has 27 heavy (non-hydrogen) atoms. The number of carbonyl (C=O) groups is 1. The first-order chi connectivity index (χ1) is 13.1. The van der Waals surface area contributed by atoms with E-state index in [4.69, 9.17) is 14.1 Å². The van der Waals surface area contributed by atoms with E-state index in [1.807, 2.05) is 13.0 Å². The third-order valence-corrected chi connectivity index (χ3v) is 3.65. The Morgan fingerprint density at radius 3 is 2.74 bits per heavy atom. The fraction of sp³-hybridized carbons (Fsp3) is 0.158. The van der Waals surface area contributed by atoms with Crippen molar-refractivity contribution in [3.05, 3.63) is 59.3 Å². The van der Waals surface area contributed by atoms with E-state index in [1.54, 1.807) is 36.4 Å². The number of hydrogen-bond donors (Lipinski definition) is 1. The molecule has 0 atom stereocenters. The first-order valence-electron chi connectivity index (χ1n) is 8.12. The quantitative estimate of drug-likeness (QED) is 0.404. The summed E-state index contributed by atoms with van der Waals surface area (Å²) >= 11 is 0. The van der Waals surface area contributed by atoms with E-state index < -0.39 is 5.97 Å². The molecule has 0 amide bonds. The number of hydrogen-bond acceptors (Lipinski definition) is 8. The molecule has 2 heterocycles. The average molecular weight is 364 g/mol. The van der Waals surface area contributed by atoms with Crippen LogP contribution in [0.25, 0.3) is 11.3 Å². The second-order valence-electron chi connectivity index (χ2n) is 5.39. The molecule has 3 rings (SSSR count). The molecular formula is C19H16N4O4. The highest BCUT2D eigenvalue weighted by atomic mass is 16.5. The molecule has 0 bridgehead atoms. The molecule has 2 aromatic heterocycles. The Hall–Kier alpha value is -3.86. The lowest BCUT2D eigenvalue weighted by Crippen LogP contribution is -2.00. The second kappa shape index (κ2) is 8.01. The largest absolute Gasteiger partial charge is 0.465 e. The van der Waals surface area contributed by atoms with Crippen molar-refractivity contribution in [3.8, 4) is 17.4 Å². The van der Waals surface area contributed by atoms with Crippen molar-refractivity contribution in [2.24, 2.45) is 5.10 Å². The molecule has 1 aromatic carbocycles. The van der Waals surface area contributed by atoms with Crippen molar-refractivity contribution < 1.29 is 18.4 Å². The Balaban J connectivity index is 1.69. The topological polar surface area (TPSA) is 114 Å². The number of ether oxygens (including phenoxy) is 1. The predicted octanol–water partition coefficient (Wildman–Crippen LogP) is 3.60. The van der Waals surface area contributed by atoms with Gasteiger partial charge in [0.1, 0.15) is 17.6 Å². The van der Waals surface area contributed by atoms with Crippen molar-refractivity contribution in [2.75, 3.05) is 12.5 Å². The van der Waals surface area contributed by atoms with E-state index in [0.29, 0.717) is 29.4 Å². The number of nitriles is 1. The molecule has 0 radical (unpaired) electrons. The van der Waals surface area contributed by atoms with Gasteiger partial charge < -0.3 is 13.6 Å². The SMILES string of the molecule is CCc1nc(C#N)c(N/N=C\c2ccc(-c3ccc(C(=O)OC)cc3)o2)o1. The number of anilines is 1. The molecule has 3 aromatic rings. The van der Waals surface area contributed by atoms with Crippen molar-refractivity contribution >= 4 is 18.1 Å². The van der Waals surface area contributed by atoms with Crippen LogP contribution in [0.2, 0.25) is 0 Å². The number of nitrogens with one attached hydrogen (secondary N) is 1. The standard InChI is InChI=1S/C19H16N4O4/c1-3-17-22-15(10-20)18(27-17)23-21-11-14-8-9-16(26-14)12-4-6-13(7-5-12)19(24)25-2/h4-9,11,23H,3H2,1-2H3/b21-11-. The third kappa shape index (κ3) is 4.04. The number of methoxy groups -OCH3 is 1. The Labute approximate surface area is 155 Å². The van der Waals surface area contributed by atoms with Gasteiger partial charge in [0.05, 0.1) is 18.9 Å². The predicted molar refractivity (Wildman–Crippen MR) is 97.3 cm³/mol. The van der Waals surface area contributed by atoms with Gasteiger partial charge in [0.2, 0.25) is 5.69 Å². The zero-order chi connectivity index (χ0) is 19.2. The minimum atomic E-state index is -0.393. The number of oxazole rings is 1. The van der Waals surface area contributed by atoms with E-state index in [0.717, 1.165) is 5.56 Å². The van der Waals surface area contributed by atoms with Gasteiger partial charge in [0, 0.05) is 12.0 Å². The Kier molecular flexibility index (Phi) is 5.33. The van der Waals surface area contributed by atoms with Gasteiger partial charge in [0.25, 0.3) is 5.88 Å². The van der Waals surface area contributed by atoms with E-state index in [1.165, 1.54) is 13.3 Å². The van der Waals surface area contributed by atoms with Crippen LogP contribution in [0.15, 0.2) is 50.3 Å². The fourth-order valence-corrected chi connectivity index (χ4v) is 2.29. The summed E-state index contributed by atoms with van der Waals surface area (Å²) in [5.74, 6) is 1.38. The van der Waals surface area contributed by atoms with Crippen LogP contribution in [0.4, 0.5) is 5.88 Å². The van der Waals surface area contributed by atoms with Gasteiger partial charge in [0.15, 0.2) is 5.89 Å². The molecule has 0 saturated heterocycles. The molecule has 1 N–H and O–H groups in total. The maximum absolute atomic E-state index is 11.5. The number of hydrazone groups is 1. The minimum absolute atomic E-state index is 0.148. The number of rotatable bonds is 6. The van der Waals surface area contributed by atoms with Gasteiger partial charge in [-0.3, -0.25) is 0 Å². The Morgan fingerprint density at radius 2 is 2.07 bits per heavy atom. The van der Waals surface area contributed by atoms with E-state index in [2.05, 4.69) is 20.2 Å². The molecule has 8 heteroatoms. The van der Waals surface area contributed by atoms with Crippen LogP contribution >= 0.6 is 0 Å². The Morgan fingerprint density at radius 1 is 1.30 bits per heavy atom. The summed E-state index contributed by atoms with van der Waals surface area (Å²) < 4.78 is 15.8. The number of esters is 1. The highest BCUT2D eigenvalue weighted by molar-refractivity contribution is 5.89. The van der Waals surface area contributed by atoms with Crippen LogP contribution in [-0.4, -0.2) is 24.3 Å². The zero-order valence-corrected chi connectivity index (χ0v) is 14.7. The number of furan rings is 1. The summed E-state index contributed by atoms with van der Waals surface area (Å²) in [6.45, 7) is 1.88. The summed E-state index contributed by atoms with van der Waals surface area (Å²) in [6, 6.07) is 12.3. The maximum atomic E-state index is 11.5. The number of carbonyl (C=O) groups excluding carboxylic acids is 1. The maximum Gasteiger partial charge on any atom is 0.337 e. The number of aromatic nitrogens is 1. The minimum Gasteiger partial charge on any atom is -0.465 e. The molecule has 0 aliphatic heterocycles. The van der Waals surface area contributed by atoms with Crippen LogP contribution in [-0.2, 0) is 11.2 Å². The lowest BCUT2D eigenvalue weighted by atomic mass is 10.1. The molecule has 0 unspecified atom stereocenters. The Bertz CT molecular complexity index is 1010. The van der Waals surface area contributed by atoms with E-state index in [-0.39, 0.29) is 11.6 Å². The van der Waals surface area contributed by atoms with Crippen molar-refractivity contribution in [1.82, 2.24) is 4.98 Å². The van der Waals surface area contributed by atoms with Crippen molar-refractivity contribution in [1.29, 1.82) is 5.26 Å². The molecular weight excluding hydrogens is 348 g/mol. The molecule has 0 spiro atoms. The van der Waals surface area contributed by atoms with Gasteiger partial charge in [-0.05, 0) is 24.3 Å². The third-order valence-electron chi connectivity index (χ3n) is 3.65. The molecule has 8 nitrogen and oxygen atoms in total. The summed E-state index contributed by atoms with van der Waals surface area (Å²) in [4.78, 5) is 15.5. The summed E-state index contributed by atoms with van der Waals surface area (Å²) in [7, 11) is 1.34. The van der Waals surface area contributed by atoms with Crippen molar-refractivity contribution in [2.45, 2.75) is 13.3 Å². The van der Waals surface area contributed by atoms with Gasteiger partial charge in [-0.15, -0.1) is 0 Å². The molecule has 0 aliphatic carbocycles. The highest BCUT2D eigenvalue weighted by Gasteiger charge is 2.11. The molecule has 0 aliphatic rings. The lowest BCUT2D eigenvalue weighted by molar-refractivity contribution is 0.0600. The zero-order valence-electron chi connectivity index (χ0n) is 14.7. The van der Waals surface area contributed by atoms with Crippen molar-refractivity contribution in [3.63, 3.8) is 0 Å². The van der Waals surface area contributed by atoms with Gasteiger partial charge in [-0.25, -0.2) is 15.2 Å². The van der Waals surface area contributed by atoms with Gasteiger partial charge in [-0.2, -0.15) is 10.4 Å². The van der Waals surface area contributed by atoms with Gasteiger partial charge >= 0.3 is 5.97 Å². The molecule has 0 fully saturated rings. The normalized spacial score (nSPS) is 10.7. The smallest absolute Gasteiger partial charge is 0.337 e. The highest BCUT2D eigenvalue weighted by Crippen LogP contribution is 2.22. The second-order valence-corrected chi connectivity index (χ2v) is 5.39. The van der Waals surface area contributed by atoms with Crippen LogP contribution in [0.3, 0.4) is 0 Å². The average Bonchev–Trinajstić information content (AvgIpc) is 3.34. The van der Waals surface area contributed by atoms with Gasteiger partial charge in [-0.1, -0.05) is 19.1 Å². The summed E-state index contributed by atoms with van der Waals surface area (Å²) in [5.41, 5.74) is 4.07. The van der Waals surface area contributed by atoms with E-state index in [9.17, 15) is 4.79 Å².